The summed E-state index contributed by atoms with van der Waals surface area (Å²) in [6, 6.07) is 2.41. The van der Waals surface area contributed by atoms with E-state index in [9.17, 15) is 17.9 Å². The van der Waals surface area contributed by atoms with Gasteiger partial charge in [-0.15, -0.1) is 0 Å². The van der Waals surface area contributed by atoms with Gasteiger partial charge in [0.15, 0.2) is 5.82 Å². The van der Waals surface area contributed by atoms with Crippen LogP contribution in [0.2, 0.25) is 0 Å². The van der Waals surface area contributed by atoms with E-state index < -0.39 is 20.7 Å². The van der Waals surface area contributed by atoms with Crippen molar-refractivity contribution in [3.05, 3.63) is 22.4 Å². The lowest BCUT2D eigenvalue weighted by Crippen LogP contribution is -2.33. The zero-order valence-electron chi connectivity index (χ0n) is 11.4. The van der Waals surface area contributed by atoms with Crippen molar-refractivity contribution >= 4 is 31.6 Å². The topological polar surface area (TPSA) is 92.4 Å². The SMILES string of the molecule is Nc1cc(Br)c(F)c(S(=O)(=O)NCC2CCCC(O)C2)c1. The van der Waals surface area contributed by atoms with Crippen LogP contribution >= 0.6 is 15.9 Å². The third kappa shape index (κ3) is 4.15. The number of sulfonamides is 1. The fourth-order valence-corrected chi connectivity index (χ4v) is 4.39. The minimum Gasteiger partial charge on any atom is -0.399 e. The molecule has 0 aliphatic heterocycles. The van der Waals surface area contributed by atoms with Crippen molar-refractivity contribution in [2.75, 3.05) is 12.3 Å². The molecule has 0 saturated heterocycles. The highest BCUT2D eigenvalue weighted by Crippen LogP contribution is 2.27. The minimum absolute atomic E-state index is 0.0102. The molecule has 1 fully saturated rings. The number of nitrogens with one attached hydrogen (secondary N) is 1. The minimum atomic E-state index is -3.97. The van der Waals surface area contributed by atoms with E-state index >= 15 is 0 Å². The number of anilines is 1. The van der Waals surface area contributed by atoms with Gasteiger partial charge in [0.25, 0.3) is 0 Å². The largest absolute Gasteiger partial charge is 0.399 e. The van der Waals surface area contributed by atoms with Crippen molar-refractivity contribution < 1.29 is 17.9 Å². The summed E-state index contributed by atoms with van der Waals surface area (Å²) in [7, 11) is -3.97. The van der Waals surface area contributed by atoms with Gasteiger partial charge in [-0.2, -0.15) is 0 Å². The molecule has 0 radical (unpaired) electrons. The van der Waals surface area contributed by atoms with E-state index in [1.165, 1.54) is 6.07 Å². The molecule has 4 N–H and O–H groups in total. The molecular formula is C13H18BrFN2O3S. The lowest BCUT2D eigenvalue weighted by molar-refractivity contribution is 0.102. The molecule has 2 atom stereocenters. The lowest BCUT2D eigenvalue weighted by atomic mass is 9.87. The van der Waals surface area contributed by atoms with Crippen LogP contribution < -0.4 is 10.5 Å². The molecule has 5 nitrogen and oxygen atoms in total. The van der Waals surface area contributed by atoms with Crippen LogP contribution in [0.3, 0.4) is 0 Å². The molecule has 0 heterocycles. The highest BCUT2D eigenvalue weighted by molar-refractivity contribution is 9.10. The first-order chi connectivity index (χ1) is 9.79. The molecule has 118 valence electrons. The van der Waals surface area contributed by atoms with Crippen molar-refractivity contribution in [2.45, 2.75) is 36.7 Å². The summed E-state index contributed by atoms with van der Waals surface area (Å²) < 4.78 is 40.7. The number of hydrogen-bond donors (Lipinski definition) is 3. The van der Waals surface area contributed by atoms with E-state index in [-0.39, 0.29) is 28.7 Å². The summed E-state index contributed by atoms with van der Waals surface area (Å²) in [5, 5.41) is 9.58. The van der Waals surface area contributed by atoms with Crippen LogP contribution in [-0.2, 0) is 10.0 Å². The summed E-state index contributed by atoms with van der Waals surface area (Å²) in [5.41, 5.74) is 5.72. The molecule has 0 bridgehead atoms. The zero-order valence-corrected chi connectivity index (χ0v) is 13.8. The summed E-state index contributed by atoms with van der Waals surface area (Å²) in [5.74, 6) is -0.795. The van der Waals surface area contributed by atoms with Crippen LogP contribution in [-0.4, -0.2) is 26.2 Å². The zero-order chi connectivity index (χ0) is 15.6. The Morgan fingerprint density at radius 3 is 2.81 bits per heavy atom. The summed E-state index contributed by atoms with van der Waals surface area (Å²) in [4.78, 5) is -0.467. The Bertz CT molecular complexity index is 624. The number of hydrogen-bond acceptors (Lipinski definition) is 4. The number of aliphatic hydroxyl groups is 1. The van der Waals surface area contributed by atoms with E-state index in [4.69, 9.17) is 5.73 Å². The Kier molecular flexibility index (Phi) is 5.24. The monoisotopic (exact) mass is 380 g/mol. The number of rotatable bonds is 4. The quantitative estimate of drug-likeness (QED) is 0.696. The van der Waals surface area contributed by atoms with Crippen molar-refractivity contribution in [2.24, 2.45) is 5.92 Å². The third-order valence-electron chi connectivity index (χ3n) is 3.62. The van der Waals surface area contributed by atoms with Gasteiger partial charge in [0.05, 0.1) is 10.6 Å². The maximum atomic E-state index is 13.9. The van der Waals surface area contributed by atoms with Gasteiger partial charge in [0, 0.05) is 12.2 Å². The molecule has 0 aromatic heterocycles. The van der Waals surface area contributed by atoms with Crippen LogP contribution in [0.5, 0.6) is 0 Å². The van der Waals surface area contributed by atoms with Crippen LogP contribution in [0.1, 0.15) is 25.7 Å². The predicted molar refractivity (Wildman–Crippen MR) is 81.7 cm³/mol. The van der Waals surface area contributed by atoms with Crippen LogP contribution in [0, 0.1) is 11.7 Å². The highest BCUT2D eigenvalue weighted by atomic mass is 79.9. The van der Waals surface area contributed by atoms with E-state index in [0.717, 1.165) is 25.3 Å². The van der Waals surface area contributed by atoms with Gasteiger partial charge in [-0.25, -0.2) is 17.5 Å². The maximum absolute atomic E-state index is 13.9. The van der Waals surface area contributed by atoms with Crippen LogP contribution in [0.4, 0.5) is 10.1 Å². The van der Waals surface area contributed by atoms with Crippen molar-refractivity contribution in [1.29, 1.82) is 0 Å². The van der Waals surface area contributed by atoms with Gasteiger partial charge < -0.3 is 10.8 Å². The molecule has 2 rings (SSSR count). The molecule has 21 heavy (non-hydrogen) atoms. The first-order valence-electron chi connectivity index (χ1n) is 6.72. The van der Waals surface area contributed by atoms with E-state index in [2.05, 4.69) is 20.7 Å². The molecule has 1 saturated carbocycles. The first kappa shape index (κ1) is 16.7. The molecule has 1 aromatic carbocycles. The second-order valence-corrected chi connectivity index (χ2v) is 7.94. The average Bonchev–Trinajstić information content (AvgIpc) is 2.41. The fraction of sp³-hybridized carbons (Fsp3) is 0.538. The maximum Gasteiger partial charge on any atom is 0.243 e. The Morgan fingerprint density at radius 2 is 2.14 bits per heavy atom. The average molecular weight is 381 g/mol. The van der Waals surface area contributed by atoms with Crippen LogP contribution in [0.15, 0.2) is 21.5 Å². The van der Waals surface area contributed by atoms with Gasteiger partial charge in [-0.05, 0) is 53.2 Å². The molecule has 1 aromatic rings. The third-order valence-corrected chi connectivity index (χ3v) is 5.62. The normalized spacial score (nSPS) is 23.2. The Morgan fingerprint density at radius 1 is 1.43 bits per heavy atom. The molecule has 1 aliphatic carbocycles. The smallest absolute Gasteiger partial charge is 0.243 e. The van der Waals surface area contributed by atoms with Gasteiger partial charge in [0.1, 0.15) is 4.90 Å². The Hall–Kier alpha value is -0.700. The number of nitrogens with two attached hydrogens (primary N) is 1. The van der Waals surface area contributed by atoms with Crippen molar-refractivity contribution in [3.63, 3.8) is 0 Å². The predicted octanol–water partition coefficient (Wildman–Crippen LogP) is 2.00. The standard InChI is InChI=1S/C13H18BrFN2O3S/c14-11-5-9(16)6-12(13(11)15)21(19,20)17-7-8-2-1-3-10(18)4-8/h5-6,8,10,17-18H,1-4,7,16H2. The molecule has 8 heteroatoms. The van der Waals surface area contributed by atoms with E-state index in [0.29, 0.717) is 6.42 Å². The number of halogens is 2. The number of nitrogen functional groups attached to an aromatic ring is 1. The van der Waals surface area contributed by atoms with Crippen LogP contribution in [0.25, 0.3) is 0 Å². The number of benzene rings is 1. The molecule has 2 unspecified atom stereocenters. The molecular weight excluding hydrogens is 363 g/mol. The first-order valence-corrected chi connectivity index (χ1v) is 8.99. The Balaban J connectivity index is 2.12. The summed E-state index contributed by atoms with van der Waals surface area (Å²) in [6.45, 7) is 0.186. The van der Waals surface area contributed by atoms with Gasteiger partial charge >= 0.3 is 0 Å². The molecule has 0 spiro atoms. The summed E-state index contributed by atoms with van der Waals surface area (Å²) in [6.07, 6.45) is 2.65. The van der Waals surface area contributed by atoms with Crippen molar-refractivity contribution in [3.8, 4) is 0 Å². The Labute approximate surface area is 131 Å². The summed E-state index contributed by atoms with van der Waals surface area (Å²) >= 11 is 2.94. The van der Waals surface area contributed by atoms with E-state index in [1.807, 2.05) is 0 Å². The van der Waals surface area contributed by atoms with Crippen molar-refractivity contribution in [1.82, 2.24) is 4.72 Å². The molecule has 1 aliphatic rings. The van der Waals surface area contributed by atoms with Gasteiger partial charge in [-0.3, -0.25) is 0 Å². The molecule has 0 amide bonds. The van der Waals surface area contributed by atoms with Gasteiger partial charge in [-0.1, -0.05) is 6.42 Å². The highest BCUT2D eigenvalue weighted by Gasteiger charge is 2.25. The van der Waals surface area contributed by atoms with E-state index in [1.54, 1.807) is 0 Å². The fourth-order valence-electron chi connectivity index (χ4n) is 2.53. The second kappa shape index (κ2) is 6.60. The number of aliphatic hydroxyl groups excluding tert-OH is 1. The second-order valence-electron chi connectivity index (χ2n) is 5.35. The lowest BCUT2D eigenvalue weighted by Gasteiger charge is -2.25. The van der Waals surface area contributed by atoms with Gasteiger partial charge in [0.2, 0.25) is 10.0 Å².